The summed E-state index contributed by atoms with van der Waals surface area (Å²) in [6.07, 6.45) is 3.84. The molecule has 0 radical (unpaired) electrons. The van der Waals surface area contributed by atoms with E-state index in [1.165, 1.54) is 12.2 Å². The van der Waals surface area contributed by atoms with Crippen LogP contribution in [0.25, 0.3) is 0 Å². The SMILES string of the molecule is CC1(C)CC(C)(CN=C=O)CC(N=C=O)(n2c(=O)[nH]c(=O)[nH]c2=O)C1. The van der Waals surface area contributed by atoms with Gasteiger partial charge in [0.15, 0.2) is 5.66 Å². The van der Waals surface area contributed by atoms with Crippen molar-refractivity contribution in [2.75, 3.05) is 6.54 Å². The largest absolute Gasteiger partial charge is 0.335 e. The third-order valence-corrected chi connectivity index (χ3v) is 4.42. The summed E-state index contributed by atoms with van der Waals surface area (Å²) < 4.78 is 0.739. The van der Waals surface area contributed by atoms with Crippen LogP contribution in [0.2, 0.25) is 0 Å². The summed E-state index contributed by atoms with van der Waals surface area (Å²) in [5.41, 5.74) is -5.47. The van der Waals surface area contributed by atoms with Gasteiger partial charge in [0.05, 0.1) is 6.54 Å². The molecule has 1 aliphatic rings. The fourth-order valence-electron chi connectivity index (χ4n) is 4.31. The predicted molar refractivity (Wildman–Crippen MR) is 86.8 cm³/mol. The van der Waals surface area contributed by atoms with Crippen LogP contribution in [0.4, 0.5) is 0 Å². The van der Waals surface area contributed by atoms with Gasteiger partial charge >= 0.3 is 17.1 Å². The van der Waals surface area contributed by atoms with E-state index in [4.69, 9.17) is 0 Å². The van der Waals surface area contributed by atoms with E-state index in [0.717, 1.165) is 4.57 Å². The Morgan fingerprint density at radius 1 is 1.00 bits per heavy atom. The maximum Gasteiger partial charge on any atom is 0.335 e. The monoisotopic (exact) mass is 349 g/mol. The van der Waals surface area contributed by atoms with Gasteiger partial charge in [0.2, 0.25) is 12.2 Å². The lowest BCUT2D eigenvalue weighted by Gasteiger charge is -2.50. The summed E-state index contributed by atoms with van der Waals surface area (Å²) in [5.74, 6) is 0. The standard InChI is InChI=1S/C15H19N5O5/c1-13(2)4-14(3,7-16-8-21)6-15(5-13,17-9-22)20-11(24)18-10(23)19-12(20)25/h4-7H2,1-3H3,(H2,18,19,23,24,25). The highest BCUT2D eigenvalue weighted by Gasteiger charge is 2.52. The zero-order valence-corrected chi connectivity index (χ0v) is 14.2. The first-order valence-electron chi connectivity index (χ1n) is 7.65. The van der Waals surface area contributed by atoms with Gasteiger partial charge in [-0.05, 0) is 30.1 Å². The number of aliphatic imine (C=N–C) groups is 2. The molecule has 0 bridgehead atoms. The minimum atomic E-state index is -1.54. The van der Waals surface area contributed by atoms with E-state index in [1.54, 1.807) is 0 Å². The first-order chi connectivity index (χ1) is 11.6. The Hall–Kier alpha value is -2.83. The highest BCUT2D eigenvalue weighted by Crippen LogP contribution is 2.53. The van der Waals surface area contributed by atoms with Gasteiger partial charge in [0.1, 0.15) is 0 Å². The van der Waals surface area contributed by atoms with E-state index in [2.05, 4.69) is 9.98 Å². The first-order valence-corrected chi connectivity index (χ1v) is 7.65. The Morgan fingerprint density at radius 2 is 1.60 bits per heavy atom. The fourth-order valence-corrected chi connectivity index (χ4v) is 4.31. The minimum Gasteiger partial charge on any atom is -0.259 e. The molecule has 25 heavy (non-hydrogen) atoms. The van der Waals surface area contributed by atoms with E-state index >= 15 is 0 Å². The smallest absolute Gasteiger partial charge is 0.259 e. The molecule has 0 amide bonds. The molecule has 2 rings (SSSR count). The summed E-state index contributed by atoms with van der Waals surface area (Å²) in [6.45, 7) is 5.73. The molecule has 1 fully saturated rings. The van der Waals surface area contributed by atoms with Crippen LogP contribution in [0.3, 0.4) is 0 Å². The molecule has 0 aliphatic heterocycles. The number of aromatic nitrogens is 3. The Labute approximate surface area is 141 Å². The quantitative estimate of drug-likeness (QED) is 0.569. The Kier molecular flexibility index (Phi) is 4.61. The lowest BCUT2D eigenvalue weighted by atomic mass is 9.60. The van der Waals surface area contributed by atoms with Crippen molar-refractivity contribution in [1.82, 2.24) is 14.5 Å². The molecule has 0 saturated heterocycles. The average molecular weight is 349 g/mol. The van der Waals surface area contributed by atoms with Crippen LogP contribution in [0, 0.1) is 10.8 Å². The molecular weight excluding hydrogens is 330 g/mol. The van der Waals surface area contributed by atoms with Crippen molar-refractivity contribution in [3.63, 3.8) is 0 Å². The van der Waals surface area contributed by atoms with Gasteiger partial charge in [0, 0.05) is 0 Å². The molecule has 0 aromatic carbocycles. The average Bonchev–Trinajstić information content (AvgIpc) is 2.41. The van der Waals surface area contributed by atoms with Crippen molar-refractivity contribution in [1.29, 1.82) is 0 Å². The normalized spacial score (nSPS) is 27.8. The second kappa shape index (κ2) is 6.23. The molecule has 2 N–H and O–H groups in total. The highest BCUT2D eigenvalue weighted by atomic mass is 16.2. The summed E-state index contributed by atoms with van der Waals surface area (Å²) in [4.78, 5) is 68.9. The number of isocyanates is 2. The zero-order valence-electron chi connectivity index (χ0n) is 14.2. The number of hydrogen-bond acceptors (Lipinski definition) is 7. The minimum absolute atomic E-state index is 0.0961. The molecule has 10 nitrogen and oxygen atoms in total. The van der Waals surface area contributed by atoms with Gasteiger partial charge in [-0.15, -0.1) is 0 Å². The van der Waals surface area contributed by atoms with Gasteiger partial charge < -0.3 is 0 Å². The van der Waals surface area contributed by atoms with Gasteiger partial charge in [0.25, 0.3) is 0 Å². The molecular formula is C15H19N5O5. The number of nitrogens with one attached hydrogen (secondary N) is 2. The van der Waals surface area contributed by atoms with Crippen LogP contribution in [0.15, 0.2) is 24.4 Å². The summed E-state index contributed by atoms with van der Waals surface area (Å²) in [7, 11) is 0. The number of rotatable bonds is 4. The van der Waals surface area contributed by atoms with Crippen molar-refractivity contribution in [3.05, 3.63) is 31.5 Å². The second-order valence-electron chi connectivity index (χ2n) is 7.62. The molecule has 1 aromatic heterocycles. The highest BCUT2D eigenvalue weighted by molar-refractivity contribution is 5.35. The molecule has 2 atom stereocenters. The molecule has 1 saturated carbocycles. The van der Waals surface area contributed by atoms with E-state index in [0.29, 0.717) is 6.42 Å². The van der Waals surface area contributed by atoms with Crippen LogP contribution >= 0.6 is 0 Å². The predicted octanol–water partition coefficient (Wildman–Crippen LogP) is -0.234. The number of carbonyl (C=O) groups excluding carboxylic acids is 2. The van der Waals surface area contributed by atoms with E-state index < -0.39 is 33.6 Å². The van der Waals surface area contributed by atoms with Crippen molar-refractivity contribution >= 4 is 12.2 Å². The van der Waals surface area contributed by atoms with E-state index in [9.17, 15) is 24.0 Å². The molecule has 2 unspecified atom stereocenters. The van der Waals surface area contributed by atoms with Crippen LogP contribution < -0.4 is 17.1 Å². The fraction of sp³-hybridized carbons (Fsp3) is 0.667. The van der Waals surface area contributed by atoms with Crippen molar-refractivity contribution in [2.45, 2.75) is 45.7 Å². The Bertz CT molecular complexity index is 910. The number of nitrogens with zero attached hydrogens (tertiary/aromatic N) is 3. The van der Waals surface area contributed by atoms with E-state index in [1.807, 2.05) is 30.7 Å². The summed E-state index contributed by atoms with van der Waals surface area (Å²) in [6, 6.07) is 0. The van der Waals surface area contributed by atoms with Crippen molar-refractivity contribution < 1.29 is 9.59 Å². The third-order valence-electron chi connectivity index (χ3n) is 4.42. The number of aromatic amines is 2. The zero-order chi connectivity index (χ0) is 18.9. The molecule has 134 valence electrons. The topological polar surface area (TPSA) is 147 Å². The maximum absolute atomic E-state index is 12.3. The van der Waals surface area contributed by atoms with Gasteiger partial charge in [-0.2, -0.15) is 4.99 Å². The van der Waals surface area contributed by atoms with E-state index in [-0.39, 0.29) is 19.4 Å². The number of H-pyrrole nitrogens is 2. The number of hydrogen-bond donors (Lipinski definition) is 2. The van der Waals surface area contributed by atoms with Crippen LogP contribution in [0.1, 0.15) is 40.0 Å². The molecule has 10 heteroatoms. The molecule has 1 aromatic rings. The maximum atomic E-state index is 12.3. The lowest BCUT2D eigenvalue weighted by molar-refractivity contribution is 0.000425. The van der Waals surface area contributed by atoms with Gasteiger partial charge in [-0.1, -0.05) is 20.8 Å². The third kappa shape index (κ3) is 3.65. The van der Waals surface area contributed by atoms with Crippen LogP contribution in [-0.4, -0.2) is 33.2 Å². The molecule has 1 aliphatic carbocycles. The van der Waals surface area contributed by atoms with Crippen LogP contribution in [-0.2, 0) is 15.3 Å². The summed E-state index contributed by atoms with van der Waals surface area (Å²) in [5, 5.41) is 0. The van der Waals surface area contributed by atoms with Crippen molar-refractivity contribution in [3.8, 4) is 0 Å². The molecule has 1 heterocycles. The van der Waals surface area contributed by atoms with Crippen LogP contribution in [0.5, 0.6) is 0 Å². The summed E-state index contributed by atoms with van der Waals surface area (Å²) >= 11 is 0. The molecule has 0 spiro atoms. The van der Waals surface area contributed by atoms with Gasteiger partial charge in [-0.3, -0.25) is 9.97 Å². The second-order valence-corrected chi connectivity index (χ2v) is 7.62. The van der Waals surface area contributed by atoms with Gasteiger partial charge in [-0.25, -0.2) is 33.5 Å². The lowest BCUT2D eigenvalue weighted by Crippen LogP contribution is -2.58. The first kappa shape index (κ1) is 18.5. The van der Waals surface area contributed by atoms with Crippen molar-refractivity contribution in [2.24, 2.45) is 20.8 Å². The Morgan fingerprint density at radius 3 is 2.12 bits per heavy atom. The Balaban J connectivity index is 2.76.